The van der Waals surface area contributed by atoms with E-state index in [1.165, 1.54) is 29.6 Å². The maximum absolute atomic E-state index is 14.2. The van der Waals surface area contributed by atoms with E-state index in [0.29, 0.717) is 11.8 Å². The fourth-order valence-corrected chi connectivity index (χ4v) is 6.40. The predicted octanol–water partition coefficient (Wildman–Crippen LogP) is 3.41. The van der Waals surface area contributed by atoms with Gasteiger partial charge in [-0.15, -0.1) is 0 Å². The van der Waals surface area contributed by atoms with E-state index in [1.807, 2.05) is 6.92 Å². The van der Waals surface area contributed by atoms with Crippen LogP contribution in [0.25, 0.3) is 0 Å². The van der Waals surface area contributed by atoms with Crippen molar-refractivity contribution in [3.05, 3.63) is 29.6 Å². The molecule has 3 rings (SSSR count). The summed E-state index contributed by atoms with van der Waals surface area (Å²) in [6, 6.07) is 3.60. The molecule has 150 valence electrons. The Morgan fingerprint density at radius 3 is 2.52 bits per heavy atom. The number of nitrogens with zero attached hydrogens (tertiary/aromatic N) is 1. The van der Waals surface area contributed by atoms with Crippen LogP contribution in [0.1, 0.15) is 56.8 Å². The van der Waals surface area contributed by atoms with Crippen LogP contribution in [0.15, 0.2) is 23.1 Å². The standard InChI is InChI=1S/C20H29FN2O3S/c1-4-23(5-2)27(25,26)19-12-16(8-9-18(19)21)20(24)22-13(3)17-11-14-6-7-15(17)10-14/h8-9,12-15,17H,4-7,10-11H2,1-3H3,(H,22,24). The van der Waals surface area contributed by atoms with Crippen LogP contribution in [0.4, 0.5) is 4.39 Å². The second kappa shape index (κ2) is 7.87. The number of benzene rings is 1. The molecule has 2 aliphatic carbocycles. The summed E-state index contributed by atoms with van der Waals surface area (Å²) < 4.78 is 40.7. The Morgan fingerprint density at radius 2 is 1.96 bits per heavy atom. The van der Waals surface area contributed by atoms with Crippen molar-refractivity contribution >= 4 is 15.9 Å². The van der Waals surface area contributed by atoms with Gasteiger partial charge in [0.05, 0.1) is 0 Å². The summed E-state index contributed by atoms with van der Waals surface area (Å²) in [5.41, 5.74) is 0.178. The van der Waals surface area contributed by atoms with Crippen LogP contribution >= 0.6 is 0 Å². The van der Waals surface area contributed by atoms with Crippen molar-refractivity contribution in [3.8, 4) is 0 Å². The molecule has 2 saturated carbocycles. The lowest BCUT2D eigenvalue weighted by Gasteiger charge is -2.28. The first-order valence-corrected chi connectivity index (χ1v) is 11.3. The van der Waals surface area contributed by atoms with Crippen LogP contribution in [0.2, 0.25) is 0 Å². The van der Waals surface area contributed by atoms with Crippen LogP contribution in [-0.4, -0.2) is 37.8 Å². The third kappa shape index (κ3) is 3.90. The molecule has 1 amide bonds. The summed E-state index contributed by atoms with van der Waals surface area (Å²) >= 11 is 0. The zero-order valence-electron chi connectivity index (χ0n) is 16.2. The summed E-state index contributed by atoms with van der Waals surface area (Å²) in [6.07, 6.45) is 4.94. The number of nitrogens with one attached hydrogen (secondary N) is 1. The van der Waals surface area contributed by atoms with Crippen LogP contribution in [0, 0.1) is 23.6 Å². The molecule has 0 radical (unpaired) electrons. The zero-order valence-corrected chi connectivity index (χ0v) is 17.1. The highest BCUT2D eigenvalue weighted by molar-refractivity contribution is 7.89. The first-order chi connectivity index (χ1) is 12.8. The van der Waals surface area contributed by atoms with Crippen molar-refractivity contribution < 1.29 is 17.6 Å². The van der Waals surface area contributed by atoms with Gasteiger partial charge in [-0.1, -0.05) is 20.3 Å². The van der Waals surface area contributed by atoms with E-state index in [0.717, 1.165) is 24.5 Å². The molecule has 1 N–H and O–H groups in total. The molecule has 2 bridgehead atoms. The molecule has 1 aromatic carbocycles. The van der Waals surface area contributed by atoms with Crippen molar-refractivity contribution in [1.29, 1.82) is 0 Å². The van der Waals surface area contributed by atoms with Gasteiger partial charge in [0, 0.05) is 24.7 Å². The summed E-state index contributed by atoms with van der Waals surface area (Å²) in [4.78, 5) is 12.2. The number of rotatable bonds is 7. The minimum atomic E-state index is -3.96. The van der Waals surface area contributed by atoms with Crippen LogP contribution in [0.3, 0.4) is 0 Å². The van der Waals surface area contributed by atoms with Gasteiger partial charge in [0.2, 0.25) is 10.0 Å². The van der Waals surface area contributed by atoms with E-state index in [-0.39, 0.29) is 30.6 Å². The molecule has 0 saturated heterocycles. The fraction of sp³-hybridized carbons (Fsp3) is 0.650. The number of hydrogen-bond donors (Lipinski definition) is 1. The van der Waals surface area contributed by atoms with E-state index in [2.05, 4.69) is 5.32 Å². The van der Waals surface area contributed by atoms with E-state index in [9.17, 15) is 17.6 Å². The van der Waals surface area contributed by atoms with E-state index in [1.54, 1.807) is 13.8 Å². The van der Waals surface area contributed by atoms with Gasteiger partial charge in [0.15, 0.2) is 0 Å². The molecule has 2 fully saturated rings. The molecule has 0 aliphatic heterocycles. The van der Waals surface area contributed by atoms with Crippen LogP contribution in [0.5, 0.6) is 0 Å². The van der Waals surface area contributed by atoms with Crippen LogP contribution < -0.4 is 5.32 Å². The zero-order chi connectivity index (χ0) is 19.8. The van der Waals surface area contributed by atoms with Gasteiger partial charge in [-0.25, -0.2) is 12.8 Å². The third-order valence-electron chi connectivity index (χ3n) is 6.31. The van der Waals surface area contributed by atoms with Crippen molar-refractivity contribution in [2.75, 3.05) is 13.1 Å². The van der Waals surface area contributed by atoms with Gasteiger partial charge in [0.25, 0.3) is 5.91 Å². The van der Waals surface area contributed by atoms with Crippen molar-refractivity contribution in [3.63, 3.8) is 0 Å². The van der Waals surface area contributed by atoms with Gasteiger partial charge in [-0.05, 0) is 62.1 Å². The minimum Gasteiger partial charge on any atom is -0.349 e. The predicted molar refractivity (Wildman–Crippen MR) is 102 cm³/mol. The van der Waals surface area contributed by atoms with Gasteiger partial charge < -0.3 is 5.32 Å². The Balaban J connectivity index is 1.78. The second-order valence-corrected chi connectivity index (χ2v) is 9.74. The molecule has 7 heteroatoms. The number of fused-ring (bicyclic) bond motifs is 2. The molecule has 5 nitrogen and oxygen atoms in total. The maximum atomic E-state index is 14.2. The molecule has 1 aromatic rings. The van der Waals surface area contributed by atoms with Gasteiger partial charge >= 0.3 is 0 Å². The SMILES string of the molecule is CCN(CC)S(=O)(=O)c1cc(C(=O)NC(C)C2CC3CCC2C3)ccc1F. The molecule has 0 spiro atoms. The third-order valence-corrected chi connectivity index (χ3v) is 8.38. The summed E-state index contributed by atoms with van der Waals surface area (Å²) in [7, 11) is -3.96. The van der Waals surface area contributed by atoms with E-state index < -0.39 is 20.7 Å². The molecule has 4 atom stereocenters. The Hall–Kier alpha value is -1.47. The highest BCUT2D eigenvalue weighted by Crippen LogP contribution is 2.49. The van der Waals surface area contributed by atoms with Crippen LogP contribution in [-0.2, 0) is 10.0 Å². The quantitative estimate of drug-likeness (QED) is 0.768. The van der Waals surface area contributed by atoms with Crippen molar-refractivity contribution in [1.82, 2.24) is 9.62 Å². The Labute approximate surface area is 161 Å². The van der Waals surface area contributed by atoms with E-state index >= 15 is 0 Å². The average molecular weight is 397 g/mol. The topological polar surface area (TPSA) is 66.5 Å². The number of halogens is 1. The number of carbonyl (C=O) groups is 1. The lowest BCUT2D eigenvalue weighted by atomic mass is 9.84. The molecule has 2 aliphatic rings. The van der Waals surface area contributed by atoms with Crippen molar-refractivity contribution in [2.24, 2.45) is 17.8 Å². The second-order valence-electron chi connectivity index (χ2n) is 7.84. The highest BCUT2D eigenvalue weighted by Gasteiger charge is 2.42. The van der Waals surface area contributed by atoms with Gasteiger partial charge in [0.1, 0.15) is 10.7 Å². The largest absolute Gasteiger partial charge is 0.349 e. The maximum Gasteiger partial charge on any atom is 0.251 e. The van der Waals surface area contributed by atoms with Gasteiger partial charge in [-0.2, -0.15) is 4.31 Å². The molecule has 0 aromatic heterocycles. The number of carbonyl (C=O) groups excluding carboxylic acids is 1. The number of hydrogen-bond acceptors (Lipinski definition) is 3. The van der Waals surface area contributed by atoms with Gasteiger partial charge in [-0.3, -0.25) is 4.79 Å². The first kappa shape index (κ1) is 20.3. The van der Waals surface area contributed by atoms with E-state index in [4.69, 9.17) is 0 Å². The smallest absolute Gasteiger partial charge is 0.251 e. The molecule has 4 unspecified atom stereocenters. The molecule has 0 heterocycles. The summed E-state index contributed by atoms with van der Waals surface area (Å²) in [5, 5.41) is 3.01. The monoisotopic (exact) mass is 396 g/mol. The molecular formula is C20H29FN2O3S. The average Bonchev–Trinajstić information content (AvgIpc) is 3.26. The lowest BCUT2D eigenvalue weighted by Crippen LogP contribution is -2.40. The Morgan fingerprint density at radius 1 is 1.26 bits per heavy atom. The Kier molecular flexibility index (Phi) is 5.91. The highest BCUT2D eigenvalue weighted by atomic mass is 32.2. The van der Waals surface area contributed by atoms with Crippen molar-refractivity contribution in [2.45, 2.75) is 57.4 Å². The lowest BCUT2D eigenvalue weighted by molar-refractivity contribution is 0.0915. The molecular weight excluding hydrogens is 367 g/mol. The normalized spacial score (nSPS) is 25.7. The summed E-state index contributed by atoms with van der Waals surface area (Å²) in [6.45, 7) is 5.91. The number of sulfonamides is 1. The minimum absolute atomic E-state index is 0.0284. The fourth-order valence-electron chi connectivity index (χ4n) is 4.85. The Bertz CT molecular complexity index is 807. The summed E-state index contributed by atoms with van der Waals surface area (Å²) in [5.74, 6) is 0.765. The molecule has 27 heavy (non-hydrogen) atoms. The number of amides is 1. The first-order valence-electron chi connectivity index (χ1n) is 9.88.